The van der Waals surface area contributed by atoms with Gasteiger partial charge in [-0.25, -0.2) is 4.98 Å². The number of ether oxygens (including phenoxy) is 2. The van der Waals surface area contributed by atoms with Crippen LogP contribution in [0.4, 0.5) is 0 Å². The molecular formula is C14H13BrN2O2. The molecule has 1 aromatic carbocycles. The van der Waals surface area contributed by atoms with Crippen molar-refractivity contribution < 1.29 is 9.47 Å². The molecule has 0 aliphatic carbocycles. The van der Waals surface area contributed by atoms with Gasteiger partial charge in [0.15, 0.2) is 16.2 Å². The number of hydrogen-bond acceptors (Lipinski definition) is 3. The maximum atomic E-state index is 5.44. The van der Waals surface area contributed by atoms with E-state index in [-0.39, 0.29) is 0 Å². The van der Waals surface area contributed by atoms with Crippen LogP contribution < -0.4 is 9.47 Å². The second-order valence-corrected chi connectivity index (χ2v) is 5.56. The highest BCUT2D eigenvalue weighted by molar-refractivity contribution is 9.10. The van der Waals surface area contributed by atoms with Crippen molar-refractivity contribution in [2.24, 2.45) is 0 Å². The summed E-state index contributed by atoms with van der Waals surface area (Å²) in [6.45, 7) is 1.36. The molecule has 0 radical (unpaired) electrons. The maximum Gasteiger partial charge on any atom is 0.231 e. The van der Waals surface area contributed by atoms with Gasteiger partial charge in [-0.1, -0.05) is 0 Å². The Hall–Kier alpha value is -1.49. The van der Waals surface area contributed by atoms with E-state index < -0.39 is 0 Å². The quantitative estimate of drug-likeness (QED) is 0.808. The molecule has 3 heterocycles. The van der Waals surface area contributed by atoms with Gasteiger partial charge < -0.3 is 14.0 Å². The highest BCUT2D eigenvalue weighted by atomic mass is 79.9. The molecular weight excluding hydrogens is 308 g/mol. The van der Waals surface area contributed by atoms with Crippen LogP contribution in [0.5, 0.6) is 11.5 Å². The molecule has 98 valence electrons. The number of hydrogen-bond donors (Lipinski definition) is 0. The van der Waals surface area contributed by atoms with Crippen LogP contribution in [-0.4, -0.2) is 16.3 Å². The molecule has 0 saturated heterocycles. The number of nitrogens with zero attached hydrogens (tertiary/aromatic N) is 2. The predicted molar refractivity (Wildman–Crippen MR) is 74.4 cm³/mol. The van der Waals surface area contributed by atoms with Crippen LogP contribution in [0.25, 0.3) is 11.3 Å². The van der Waals surface area contributed by atoms with Crippen molar-refractivity contribution in [2.75, 3.05) is 6.79 Å². The van der Waals surface area contributed by atoms with Crippen molar-refractivity contribution in [1.29, 1.82) is 0 Å². The van der Waals surface area contributed by atoms with Crippen molar-refractivity contribution >= 4 is 15.9 Å². The van der Waals surface area contributed by atoms with E-state index in [1.807, 2.05) is 12.1 Å². The molecule has 4 rings (SSSR count). The van der Waals surface area contributed by atoms with Gasteiger partial charge in [0.2, 0.25) is 6.79 Å². The number of rotatable bonds is 1. The SMILES string of the molecule is Brc1nc(-c2ccc3c(c2)OCO3)c2n1CCCC2. The smallest absolute Gasteiger partial charge is 0.231 e. The molecule has 2 aliphatic rings. The fourth-order valence-electron chi connectivity index (χ4n) is 2.77. The first-order chi connectivity index (χ1) is 9.33. The molecule has 0 atom stereocenters. The Bertz CT molecular complexity index is 651. The van der Waals surface area contributed by atoms with Crippen LogP contribution in [0.15, 0.2) is 22.9 Å². The van der Waals surface area contributed by atoms with Crippen LogP contribution >= 0.6 is 15.9 Å². The average molecular weight is 321 g/mol. The van der Waals surface area contributed by atoms with E-state index in [0.717, 1.165) is 40.5 Å². The number of fused-ring (bicyclic) bond motifs is 2. The molecule has 4 nitrogen and oxygen atoms in total. The second kappa shape index (κ2) is 4.27. The average Bonchev–Trinajstić information content (AvgIpc) is 3.03. The fraction of sp³-hybridized carbons (Fsp3) is 0.357. The lowest BCUT2D eigenvalue weighted by Gasteiger charge is -2.16. The normalized spacial score (nSPS) is 16.5. The number of benzene rings is 1. The van der Waals surface area contributed by atoms with Gasteiger partial charge in [-0.3, -0.25) is 0 Å². The van der Waals surface area contributed by atoms with Crippen LogP contribution in [0.3, 0.4) is 0 Å². The third-order valence-electron chi connectivity index (χ3n) is 3.72. The Balaban J connectivity index is 1.84. The minimum absolute atomic E-state index is 0.309. The summed E-state index contributed by atoms with van der Waals surface area (Å²) in [7, 11) is 0. The largest absolute Gasteiger partial charge is 0.454 e. The van der Waals surface area contributed by atoms with Gasteiger partial charge in [-0.05, 0) is 53.4 Å². The van der Waals surface area contributed by atoms with Crippen LogP contribution in [-0.2, 0) is 13.0 Å². The summed E-state index contributed by atoms with van der Waals surface area (Å²) in [6.07, 6.45) is 3.54. The Morgan fingerprint density at radius 2 is 2.05 bits per heavy atom. The second-order valence-electron chi connectivity index (χ2n) is 4.85. The Kier molecular flexibility index (Phi) is 2.55. The summed E-state index contributed by atoms with van der Waals surface area (Å²) >= 11 is 3.56. The first-order valence-corrected chi connectivity index (χ1v) is 7.27. The van der Waals surface area contributed by atoms with Crippen molar-refractivity contribution in [1.82, 2.24) is 9.55 Å². The summed E-state index contributed by atoms with van der Waals surface area (Å²) < 4.78 is 14.0. The highest BCUT2D eigenvalue weighted by Gasteiger charge is 2.21. The molecule has 19 heavy (non-hydrogen) atoms. The predicted octanol–water partition coefficient (Wildman–Crippen LogP) is 3.38. The summed E-state index contributed by atoms with van der Waals surface area (Å²) in [5, 5.41) is 0. The zero-order valence-electron chi connectivity index (χ0n) is 10.4. The molecule has 2 aliphatic heterocycles. The fourth-order valence-corrected chi connectivity index (χ4v) is 3.34. The van der Waals surface area contributed by atoms with E-state index in [9.17, 15) is 0 Å². The van der Waals surface area contributed by atoms with E-state index >= 15 is 0 Å². The molecule has 0 saturated carbocycles. The molecule has 0 N–H and O–H groups in total. The minimum Gasteiger partial charge on any atom is -0.454 e. The standard InChI is InChI=1S/C14H13BrN2O2/c15-14-16-13(10-3-1-2-6-17(10)14)9-4-5-11-12(7-9)19-8-18-11/h4-5,7H,1-3,6,8H2. The van der Waals surface area contributed by atoms with Gasteiger partial charge in [0.25, 0.3) is 0 Å². The molecule has 5 heteroatoms. The number of imidazole rings is 1. The van der Waals surface area contributed by atoms with E-state index in [1.165, 1.54) is 18.5 Å². The number of halogens is 1. The van der Waals surface area contributed by atoms with Crippen molar-refractivity contribution in [3.05, 3.63) is 28.6 Å². The zero-order valence-corrected chi connectivity index (χ0v) is 11.9. The van der Waals surface area contributed by atoms with E-state index in [0.29, 0.717) is 6.79 Å². The maximum absolute atomic E-state index is 5.44. The molecule has 0 bridgehead atoms. The zero-order chi connectivity index (χ0) is 12.8. The van der Waals surface area contributed by atoms with E-state index in [1.54, 1.807) is 0 Å². The summed E-state index contributed by atoms with van der Waals surface area (Å²) in [5.74, 6) is 1.63. The summed E-state index contributed by atoms with van der Waals surface area (Å²) in [6, 6.07) is 6.03. The molecule has 2 aromatic rings. The van der Waals surface area contributed by atoms with Gasteiger partial charge in [-0.15, -0.1) is 0 Å². The molecule has 0 unspecified atom stereocenters. The topological polar surface area (TPSA) is 36.3 Å². The van der Waals surface area contributed by atoms with Gasteiger partial charge in [0, 0.05) is 17.8 Å². The third kappa shape index (κ3) is 1.75. The monoisotopic (exact) mass is 320 g/mol. The van der Waals surface area contributed by atoms with Gasteiger partial charge in [-0.2, -0.15) is 0 Å². The van der Waals surface area contributed by atoms with Crippen molar-refractivity contribution in [3.63, 3.8) is 0 Å². The minimum atomic E-state index is 0.309. The Labute approximate surface area is 119 Å². The van der Waals surface area contributed by atoms with Gasteiger partial charge >= 0.3 is 0 Å². The van der Waals surface area contributed by atoms with E-state index in [2.05, 4.69) is 31.5 Å². The van der Waals surface area contributed by atoms with Crippen molar-refractivity contribution in [3.8, 4) is 22.8 Å². The Morgan fingerprint density at radius 1 is 1.16 bits per heavy atom. The number of aromatic nitrogens is 2. The third-order valence-corrected chi connectivity index (χ3v) is 4.32. The summed E-state index contributed by atoms with van der Waals surface area (Å²) in [5.41, 5.74) is 3.47. The lowest BCUT2D eigenvalue weighted by atomic mass is 10.0. The molecule has 1 aromatic heterocycles. The first kappa shape index (κ1) is 11.3. The lowest BCUT2D eigenvalue weighted by molar-refractivity contribution is 0.174. The lowest BCUT2D eigenvalue weighted by Crippen LogP contribution is -2.10. The van der Waals surface area contributed by atoms with Crippen molar-refractivity contribution in [2.45, 2.75) is 25.8 Å². The molecule has 0 amide bonds. The molecule has 0 fully saturated rings. The van der Waals surface area contributed by atoms with Gasteiger partial charge in [0.1, 0.15) is 0 Å². The summed E-state index contributed by atoms with van der Waals surface area (Å²) in [4.78, 5) is 4.67. The Morgan fingerprint density at radius 3 is 3.00 bits per heavy atom. The van der Waals surface area contributed by atoms with Crippen LogP contribution in [0.1, 0.15) is 18.5 Å². The van der Waals surface area contributed by atoms with Gasteiger partial charge in [0.05, 0.1) is 5.69 Å². The van der Waals surface area contributed by atoms with Crippen LogP contribution in [0.2, 0.25) is 0 Å². The van der Waals surface area contributed by atoms with E-state index in [4.69, 9.17) is 9.47 Å². The highest BCUT2D eigenvalue weighted by Crippen LogP contribution is 2.38. The van der Waals surface area contributed by atoms with Crippen LogP contribution in [0, 0.1) is 0 Å². The molecule has 0 spiro atoms. The first-order valence-electron chi connectivity index (χ1n) is 6.48.